The van der Waals surface area contributed by atoms with Crippen LogP contribution in [0.1, 0.15) is 23.2 Å². The maximum atomic E-state index is 12.5. The van der Waals surface area contributed by atoms with E-state index in [4.69, 9.17) is 9.84 Å². The van der Waals surface area contributed by atoms with Crippen molar-refractivity contribution >= 4 is 17.6 Å². The highest BCUT2D eigenvalue weighted by atomic mass is 16.6. The van der Waals surface area contributed by atoms with Gasteiger partial charge in [-0.15, -0.1) is 0 Å². The molecule has 1 N–H and O–H groups in total. The van der Waals surface area contributed by atoms with Crippen molar-refractivity contribution in [2.24, 2.45) is 0 Å². The molecule has 0 unspecified atom stereocenters. The summed E-state index contributed by atoms with van der Waals surface area (Å²) in [5.74, 6) is -1.74. The molecule has 1 atom stereocenters. The summed E-state index contributed by atoms with van der Waals surface area (Å²) in [5, 5.41) is 20.2. The summed E-state index contributed by atoms with van der Waals surface area (Å²) in [6, 6.07) is 3.09. The highest BCUT2D eigenvalue weighted by Crippen LogP contribution is 2.31. The minimum Gasteiger partial charge on any atom is -0.496 e. The van der Waals surface area contributed by atoms with Gasteiger partial charge in [0.2, 0.25) is 0 Å². The number of carboxylic acid groups (broad SMARTS) is 1. The number of hydrogen-bond donors (Lipinski definition) is 1. The first-order valence-corrected chi connectivity index (χ1v) is 6.32. The Morgan fingerprint density at radius 3 is 2.76 bits per heavy atom. The number of amides is 1. The number of carbonyl (C=O) groups is 2. The van der Waals surface area contributed by atoms with Crippen LogP contribution < -0.4 is 4.74 Å². The third kappa shape index (κ3) is 2.64. The second-order valence-corrected chi connectivity index (χ2v) is 4.61. The number of carboxylic acids is 1. The predicted octanol–water partition coefficient (Wildman–Crippen LogP) is 1.29. The lowest BCUT2D eigenvalue weighted by Crippen LogP contribution is -2.40. The molecule has 8 heteroatoms. The number of hydrogen-bond acceptors (Lipinski definition) is 5. The lowest BCUT2D eigenvalue weighted by atomic mass is 10.1. The van der Waals surface area contributed by atoms with E-state index in [1.807, 2.05) is 0 Å². The SMILES string of the molecule is COc1cccc([N+](=O)[O-])c1C(=O)N1CCC[C@H]1C(=O)O. The number of nitrogens with zero attached hydrogens (tertiary/aromatic N) is 2. The van der Waals surface area contributed by atoms with Crippen molar-refractivity contribution in [1.82, 2.24) is 4.90 Å². The molecule has 112 valence electrons. The number of rotatable bonds is 4. The van der Waals surface area contributed by atoms with Crippen molar-refractivity contribution in [3.05, 3.63) is 33.9 Å². The number of aliphatic carboxylic acids is 1. The van der Waals surface area contributed by atoms with E-state index in [-0.39, 0.29) is 17.9 Å². The van der Waals surface area contributed by atoms with Gasteiger partial charge in [-0.05, 0) is 18.9 Å². The standard InChI is InChI=1S/C13H14N2O6/c1-21-10-6-2-4-8(15(19)20)11(10)12(16)14-7-3-5-9(14)13(17)18/h2,4,6,9H,3,5,7H2,1H3,(H,17,18)/t9-/m0/s1. The first-order valence-electron chi connectivity index (χ1n) is 6.32. The summed E-state index contributed by atoms with van der Waals surface area (Å²) in [4.78, 5) is 35.3. The fourth-order valence-electron chi connectivity index (χ4n) is 2.47. The molecule has 1 aliphatic rings. The van der Waals surface area contributed by atoms with Gasteiger partial charge in [-0.25, -0.2) is 4.79 Å². The molecule has 0 aliphatic carbocycles. The minimum absolute atomic E-state index is 0.0604. The van der Waals surface area contributed by atoms with Crippen LogP contribution in [-0.2, 0) is 4.79 Å². The second-order valence-electron chi connectivity index (χ2n) is 4.61. The van der Waals surface area contributed by atoms with Crippen molar-refractivity contribution in [3.63, 3.8) is 0 Å². The van der Waals surface area contributed by atoms with Gasteiger partial charge in [0.25, 0.3) is 11.6 Å². The van der Waals surface area contributed by atoms with Gasteiger partial charge >= 0.3 is 5.97 Å². The lowest BCUT2D eigenvalue weighted by Gasteiger charge is -2.22. The van der Waals surface area contributed by atoms with Gasteiger partial charge < -0.3 is 14.7 Å². The van der Waals surface area contributed by atoms with Crippen LogP contribution in [-0.4, -0.2) is 46.5 Å². The third-order valence-electron chi connectivity index (χ3n) is 3.43. The van der Waals surface area contributed by atoms with Gasteiger partial charge in [0.1, 0.15) is 11.8 Å². The summed E-state index contributed by atoms with van der Waals surface area (Å²) < 4.78 is 5.01. The molecule has 0 saturated carbocycles. The lowest BCUT2D eigenvalue weighted by molar-refractivity contribution is -0.385. The van der Waals surface area contributed by atoms with Gasteiger partial charge in [-0.2, -0.15) is 0 Å². The van der Waals surface area contributed by atoms with Crippen molar-refractivity contribution in [2.45, 2.75) is 18.9 Å². The van der Waals surface area contributed by atoms with E-state index in [1.165, 1.54) is 25.3 Å². The predicted molar refractivity (Wildman–Crippen MR) is 71.3 cm³/mol. The number of carbonyl (C=O) groups excluding carboxylic acids is 1. The van der Waals surface area contributed by atoms with Gasteiger partial charge in [0.15, 0.2) is 5.56 Å². The Labute approximate surface area is 120 Å². The molecular formula is C13H14N2O6. The largest absolute Gasteiger partial charge is 0.496 e. The Balaban J connectivity index is 2.47. The van der Waals surface area contributed by atoms with Crippen molar-refractivity contribution in [2.75, 3.05) is 13.7 Å². The fraction of sp³-hybridized carbons (Fsp3) is 0.385. The van der Waals surface area contributed by atoms with Crippen molar-refractivity contribution in [3.8, 4) is 5.75 Å². The zero-order valence-electron chi connectivity index (χ0n) is 11.3. The molecule has 8 nitrogen and oxygen atoms in total. The monoisotopic (exact) mass is 294 g/mol. The molecule has 2 rings (SSSR count). The molecule has 1 aromatic rings. The Hall–Kier alpha value is -2.64. The molecule has 0 bridgehead atoms. The van der Waals surface area contributed by atoms with Crippen LogP contribution in [0.2, 0.25) is 0 Å². The van der Waals surface area contributed by atoms with Gasteiger partial charge in [0, 0.05) is 12.6 Å². The van der Waals surface area contributed by atoms with Crippen LogP contribution in [0.3, 0.4) is 0 Å². The topological polar surface area (TPSA) is 110 Å². The molecule has 1 heterocycles. The Morgan fingerprint density at radius 1 is 1.48 bits per heavy atom. The maximum Gasteiger partial charge on any atom is 0.326 e. The van der Waals surface area contributed by atoms with E-state index in [0.29, 0.717) is 12.8 Å². The number of benzene rings is 1. The van der Waals surface area contributed by atoms with Gasteiger partial charge in [-0.1, -0.05) is 6.07 Å². The average Bonchev–Trinajstić information content (AvgIpc) is 2.95. The van der Waals surface area contributed by atoms with Crippen LogP contribution in [0, 0.1) is 10.1 Å². The smallest absolute Gasteiger partial charge is 0.326 e. The maximum absolute atomic E-state index is 12.5. The number of nitro benzene ring substituents is 1. The van der Waals surface area contributed by atoms with Crippen LogP contribution >= 0.6 is 0 Å². The van der Waals surface area contributed by atoms with E-state index in [1.54, 1.807) is 0 Å². The van der Waals surface area contributed by atoms with Crippen molar-refractivity contribution in [1.29, 1.82) is 0 Å². The average molecular weight is 294 g/mol. The number of ether oxygens (including phenoxy) is 1. The van der Waals surface area contributed by atoms with E-state index < -0.39 is 28.5 Å². The number of likely N-dealkylation sites (tertiary alicyclic amines) is 1. The van der Waals surface area contributed by atoms with Crippen LogP contribution in [0.4, 0.5) is 5.69 Å². The zero-order valence-corrected chi connectivity index (χ0v) is 11.3. The Kier molecular flexibility index (Phi) is 4.06. The molecule has 1 aromatic carbocycles. The third-order valence-corrected chi connectivity index (χ3v) is 3.43. The second kappa shape index (κ2) is 5.78. The quantitative estimate of drug-likeness (QED) is 0.662. The van der Waals surface area contributed by atoms with Crippen LogP contribution in [0.25, 0.3) is 0 Å². The molecule has 1 saturated heterocycles. The fourth-order valence-corrected chi connectivity index (χ4v) is 2.47. The van der Waals surface area contributed by atoms with Crippen LogP contribution in [0.15, 0.2) is 18.2 Å². The van der Waals surface area contributed by atoms with E-state index in [2.05, 4.69) is 0 Å². The molecule has 1 fully saturated rings. The molecule has 1 amide bonds. The molecule has 0 spiro atoms. The Bertz CT molecular complexity index is 600. The number of methoxy groups -OCH3 is 1. The number of nitro groups is 1. The molecule has 0 radical (unpaired) electrons. The zero-order chi connectivity index (χ0) is 15.6. The Morgan fingerprint density at radius 2 is 2.19 bits per heavy atom. The molecular weight excluding hydrogens is 280 g/mol. The minimum atomic E-state index is -1.11. The molecule has 21 heavy (non-hydrogen) atoms. The van der Waals surface area contributed by atoms with E-state index in [9.17, 15) is 19.7 Å². The van der Waals surface area contributed by atoms with Crippen molar-refractivity contribution < 1.29 is 24.4 Å². The van der Waals surface area contributed by atoms with E-state index >= 15 is 0 Å². The van der Waals surface area contributed by atoms with Gasteiger partial charge in [-0.3, -0.25) is 14.9 Å². The van der Waals surface area contributed by atoms with E-state index in [0.717, 1.165) is 4.90 Å². The summed E-state index contributed by atoms with van der Waals surface area (Å²) in [6.45, 7) is 0.255. The first kappa shape index (κ1) is 14.8. The summed E-state index contributed by atoms with van der Waals surface area (Å²) in [5.41, 5.74) is -0.603. The normalized spacial score (nSPS) is 17.6. The summed E-state index contributed by atoms with van der Waals surface area (Å²) >= 11 is 0. The first-order chi connectivity index (χ1) is 9.97. The summed E-state index contributed by atoms with van der Waals surface area (Å²) in [7, 11) is 1.30. The highest BCUT2D eigenvalue weighted by Gasteiger charge is 2.38. The molecule has 0 aromatic heterocycles. The van der Waals surface area contributed by atoms with Gasteiger partial charge in [0.05, 0.1) is 12.0 Å². The molecule has 1 aliphatic heterocycles. The summed E-state index contributed by atoms with van der Waals surface area (Å²) in [6.07, 6.45) is 0.885. The van der Waals surface area contributed by atoms with Crippen LogP contribution in [0.5, 0.6) is 5.75 Å². The highest BCUT2D eigenvalue weighted by molar-refractivity contribution is 6.02.